The molecule has 0 heterocycles. The third kappa shape index (κ3) is 7.11. The number of rotatable bonds is 8. The van der Waals surface area contributed by atoms with Crippen LogP contribution in [0.2, 0.25) is 0 Å². The molecule has 0 bridgehead atoms. The van der Waals surface area contributed by atoms with Crippen LogP contribution in [0.4, 0.5) is 0 Å². The van der Waals surface area contributed by atoms with Gasteiger partial charge < -0.3 is 4.74 Å². The van der Waals surface area contributed by atoms with Gasteiger partial charge in [0.25, 0.3) is 0 Å². The Hall–Kier alpha value is -0.860. The molecule has 0 aromatic heterocycles. The first-order valence-electron chi connectivity index (χ1n) is 5.80. The van der Waals surface area contributed by atoms with Crippen molar-refractivity contribution in [3.8, 4) is 0 Å². The number of hydrogen-bond donors (Lipinski definition) is 0. The van der Waals surface area contributed by atoms with Gasteiger partial charge in [0.2, 0.25) is 0 Å². The van der Waals surface area contributed by atoms with E-state index in [9.17, 15) is 9.59 Å². The molecule has 3 heteroatoms. The second-order valence-electron chi connectivity index (χ2n) is 3.83. The molecule has 3 nitrogen and oxygen atoms in total. The molecule has 0 rings (SSSR count). The first-order chi connectivity index (χ1) is 7.11. The molecule has 88 valence electrons. The second kappa shape index (κ2) is 8.45. The van der Waals surface area contributed by atoms with Crippen molar-refractivity contribution >= 4 is 11.8 Å². The maximum absolute atomic E-state index is 11.5. The number of unbranched alkanes of at least 4 members (excludes halogenated alkanes) is 2. The molecule has 0 radical (unpaired) electrons. The molecular formula is C12H22O3. The molecule has 0 amide bonds. The predicted octanol–water partition coefficient (Wildman–Crippen LogP) is 2.73. The maximum atomic E-state index is 11.5. The highest BCUT2D eigenvalue weighted by Crippen LogP contribution is 2.10. The normalized spacial score (nSPS) is 12.2. The minimum absolute atomic E-state index is 0.177. The van der Waals surface area contributed by atoms with Crippen LogP contribution in [0.25, 0.3) is 0 Å². The fourth-order valence-electron chi connectivity index (χ4n) is 1.38. The van der Waals surface area contributed by atoms with Crippen molar-refractivity contribution in [1.82, 2.24) is 0 Å². The number of hydrogen-bond acceptors (Lipinski definition) is 3. The standard InChI is InChI=1S/C12H22O3/c1-4-6-7-8-11(13)10(3)9-12(14)15-5-2/h10H,4-9H2,1-3H3/t10-/m1/s1. The summed E-state index contributed by atoms with van der Waals surface area (Å²) in [6, 6.07) is 0. The number of ether oxygens (including phenoxy) is 1. The fraction of sp³-hybridized carbons (Fsp3) is 0.833. The third-order valence-corrected chi connectivity index (χ3v) is 2.35. The number of ketones is 1. The first kappa shape index (κ1) is 14.1. The fourth-order valence-corrected chi connectivity index (χ4v) is 1.38. The van der Waals surface area contributed by atoms with Crippen molar-refractivity contribution in [1.29, 1.82) is 0 Å². The van der Waals surface area contributed by atoms with Gasteiger partial charge in [-0.15, -0.1) is 0 Å². The summed E-state index contributed by atoms with van der Waals surface area (Å²) in [6.07, 6.45) is 3.94. The van der Waals surface area contributed by atoms with Crippen molar-refractivity contribution < 1.29 is 14.3 Å². The van der Waals surface area contributed by atoms with E-state index in [4.69, 9.17) is 4.74 Å². The molecule has 0 saturated carbocycles. The number of esters is 1. The van der Waals surface area contributed by atoms with Gasteiger partial charge in [-0.2, -0.15) is 0 Å². The number of Topliss-reactive ketones (excluding diaryl/α,β-unsaturated/α-hetero) is 1. The summed E-state index contributed by atoms with van der Waals surface area (Å²) in [5, 5.41) is 0. The number of carbonyl (C=O) groups excluding carboxylic acids is 2. The Bertz CT molecular complexity index is 199. The lowest BCUT2D eigenvalue weighted by Gasteiger charge is -2.09. The van der Waals surface area contributed by atoms with Gasteiger partial charge in [-0.1, -0.05) is 26.7 Å². The minimum Gasteiger partial charge on any atom is -0.466 e. The zero-order valence-corrected chi connectivity index (χ0v) is 10.0. The lowest BCUT2D eigenvalue weighted by atomic mass is 9.98. The van der Waals surface area contributed by atoms with Gasteiger partial charge in [0.05, 0.1) is 13.0 Å². The molecule has 0 aliphatic carbocycles. The molecule has 0 aromatic rings. The van der Waals surface area contributed by atoms with Crippen LogP contribution in [0, 0.1) is 5.92 Å². The van der Waals surface area contributed by atoms with E-state index in [1.165, 1.54) is 0 Å². The smallest absolute Gasteiger partial charge is 0.306 e. The van der Waals surface area contributed by atoms with Crippen LogP contribution in [-0.2, 0) is 14.3 Å². The Morgan fingerprint density at radius 2 is 1.87 bits per heavy atom. The Kier molecular flexibility index (Phi) is 7.96. The highest BCUT2D eigenvalue weighted by atomic mass is 16.5. The van der Waals surface area contributed by atoms with Gasteiger partial charge in [-0.05, 0) is 13.3 Å². The lowest BCUT2D eigenvalue weighted by Crippen LogP contribution is -2.17. The van der Waals surface area contributed by atoms with E-state index in [2.05, 4.69) is 6.92 Å². The molecule has 0 fully saturated rings. The van der Waals surface area contributed by atoms with Gasteiger partial charge in [0.1, 0.15) is 5.78 Å². The van der Waals surface area contributed by atoms with Crippen LogP contribution >= 0.6 is 0 Å². The molecule has 15 heavy (non-hydrogen) atoms. The van der Waals surface area contributed by atoms with E-state index in [1.54, 1.807) is 13.8 Å². The van der Waals surface area contributed by atoms with E-state index in [-0.39, 0.29) is 24.1 Å². The van der Waals surface area contributed by atoms with E-state index in [0.29, 0.717) is 13.0 Å². The molecule has 0 saturated heterocycles. The van der Waals surface area contributed by atoms with Gasteiger partial charge >= 0.3 is 5.97 Å². The predicted molar refractivity (Wildman–Crippen MR) is 59.6 cm³/mol. The summed E-state index contributed by atoms with van der Waals surface area (Å²) in [5.41, 5.74) is 0. The number of carbonyl (C=O) groups is 2. The maximum Gasteiger partial charge on any atom is 0.306 e. The molecule has 0 N–H and O–H groups in total. The Morgan fingerprint density at radius 1 is 1.20 bits per heavy atom. The van der Waals surface area contributed by atoms with Crippen molar-refractivity contribution in [2.45, 2.75) is 52.9 Å². The zero-order valence-electron chi connectivity index (χ0n) is 10.0. The largest absolute Gasteiger partial charge is 0.466 e. The third-order valence-electron chi connectivity index (χ3n) is 2.35. The molecule has 0 aliphatic rings. The summed E-state index contributed by atoms with van der Waals surface area (Å²) in [4.78, 5) is 22.7. The van der Waals surface area contributed by atoms with Crippen LogP contribution in [0.1, 0.15) is 52.9 Å². The summed E-state index contributed by atoms with van der Waals surface area (Å²) in [6.45, 7) is 6.05. The average molecular weight is 214 g/mol. The van der Waals surface area contributed by atoms with Gasteiger partial charge in [0.15, 0.2) is 0 Å². The van der Waals surface area contributed by atoms with E-state index >= 15 is 0 Å². The minimum atomic E-state index is -0.270. The van der Waals surface area contributed by atoms with Gasteiger partial charge in [0, 0.05) is 12.3 Å². The highest BCUT2D eigenvalue weighted by Gasteiger charge is 2.16. The summed E-state index contributed by atoms with van der Waals surface area (Å²) >= 11 is 0. The van der Waals surface area contributed by atoms with Gasteiger partial charge in [-0.3, -0.25) is 9.59 Å². The Morgan fingerprint density at radius 3 is 2.40 bits per heavy atom. The van der Waals surface area contributed by atoms with Crippen molar-refractivity contribution in [2.24, 2.45) is 5.92 Å². The molecule has 1 atom stereocenters. The molecule has 0 aliphatic heterocycles. The molecule has 0 aromatic carbocycles. The molecule has 0 unspecified atom stereocenters. The first-order valence-corrected chi connectivity index (χ1v) is 5.80. The summed E-state index contributed by atoms with van der Waals surface area (Å²) in [5.74, 6) is -0.286. The summed E-state index contributed by atoms with van der Waals surface area (Å²) in [7, 11) is 0. The van der Waals surface area contributed by atoms with E-state index in [1.807, 2.05) is 0 Å². The highest BCUT2D eigenvalue weighted by molar-refractivity contribution is 5.84. The second-order valence-corrected chi connectivity index (χ2v) is 3.83. The van der Waals surface area contributed by atoms with Crippen LogP contribution in [0.15, 0.2) is 0 Å². The molecular weight excluding hydrogens is 192 g/mol. The van der Waals surface area contributed by atoms with Crippen LogP contribution in [0.5, 0.6) is 0 Å². The topological polar surface area (TPSA) is 43.4 Å². The monoisotopic (exact) mass is 214 g/mol. The van der Waals surface area contributed by atoms with Gasteiger partial charge in [-0.25, -0.2) is 0 Å². The van der Waals surface area contributed by atoms with E-state index in [0.717, 1.165) is 19.3 Å². The van der Waals surface area contributed by atoms with Crippen molar-refractivity contribution in [3.63, 3.8) is 0 Å². The van der Waals surface area contributed by atoms with Crippen LogP contribution in [0.3, 0.4) is 0 Å². The van der Waals surface area contributed by atoms with Crippen LogP contribution < -0.4 is 0 Å². The lowest BCUT2D eigenvalue weighted by molar-refractivity contribution is -0.145. The average Bonchev–Trinajstić information content (AvgIpc) is 2.18. The quantitative estimate of drug-likeness (QED) is 0.461. The SMILES string of the molecule is CCCCCC(=O)[C@H](C)CC(=O)OCC. The van der Waals surface area contributed by atoms with Crippen molar-refractivity contribution in [2.75, 3.05) is 6.61 Å². The summed E-state index contributed by atoms with van der Waals surface area (Å²) < 4.78 is 4.80. The Balaban J connectivity index is 3.73. The van der Waals surface area contributed by atoms with Crippen LogP contribution in [-0.4, -0.2) is 18.4 Å². The zero-order chi connectivity index (χ0) is 11.7. The van der Waals surface area contributed by atoms with Crippen molar-refractivity contribution in [3.05, 3.63) is 0 Å². The molecule has 0 spiro atoms. The van der Waals surface area contributed by atoms with E-state index < -0.39 is 0 Å². The Labute approximate surface area is 92.2 Å².